The van der Waals surface area contributed by atoms with Crippen LogP contribution in [-0.4, -0.2) is 21.9 Å². The molecule has 0 fully saturated rings. The normalized spacial score (nSPS) is 14.1. The monoisotopic (exact) mass is 223 g/mol. The lowest BCUT2D eigenvalue weighted by molar-refractivity contribution is 0.372. The summed E-state index contributed by atoms with van der Waals surface area (Å²) in [7, 11) is 1.97. The third-order valence-corrected chi connectivity index (χ3v) is 2.64. The number of rotatable bonds is 5. The van der Waals surface area contributed by atoms with Gasteiger partial charge in [-0.05, 0) is 52.1 Å². The Morgan fingerprint density at radius 2 is 2.12 bits per heavy atom. The molecule has 16 heavy (non-hydrogen) atoms. The Morgan fingerprint density at radius 3 is 2.62 bits per heavy atom. The van der Waals surface area contributed by atoms with Crippen LogP contribution in [0.15, 0.2) is 12.3 Å². The smallest absolute Gasteiger partial charge is 0.0624 e. The highest BCUT2D eigenvalue weighted by atomic mass is 15.2. The van der Waals surface area contributed by atoms with Gasteiger partial charge in [0.2, 0.25) is 0 Å². The molecule has 0 radical (unpaired) electrons. The molecule has 0 aliphatic carbocycles. The van der Waals surface area contributed by atoms with E-state index in [4.69, 9.17) is 0 Å². The molecule has 1 rings (SSSR count). The predicted molar refractivity (Wildman–Crippen MR) is 68.4 cm³/mol. The van der Waals surface area contributed by atoms with Gasteiger partial charge in [0.25, 0.3) is 0 Å². The van der Waals surface area contributed by atoms with E-state index in [1.54, 1.807) is 0 Å². The van der Waals surface area contributed by atoms with Gasteiger partial charge in [-0.25, -0.2) is 0 Å². The number of aromatic nitrogens is 2. The van der Waals surface area contributed by atoms with Crippen molar-refractivity contribution in [3.05, 3.63) is 18.0 Å². The zero-order chi connectivity index (χ0) is 12.2. The molecule has 0 aliphatic rings. The van der Waals surface area contributed by atoms with Crippen molar-refractivity contribution in [2.45, 2.75) is 46.1 Å². The maximum atomic E-state index is 4.39. The molecule has 3 nitrogen and oxygen atoms in total. The molecule has 1 heterocycles. The van der Waals surface area contributed by atoms with E-state index in [-0.39, 0.29) is 5.54 Å². The molecule has 1 aromatic heterocycles. The maximum absolute atomic E-state index is 4.39. The summed E-state index contributed by atoms with van der Waals surface area (Å²) in [6.45, 7) is 9.99. The van der Waals surface area contributed by atoms with Crippen molar-refractivity contribution in [2.24, 2.45) is 13.0 Å². The maximum Gasteiger partial charge on any atom is 0.0624 e. The highest BCUT2D eigenvalue weighted by Crippen LogP contribution is 2.08. The fraction of sp³-hybridized carbons (Fsp3) is 0.769. The second-order valence-electron chi connectivity index (χ2n) is 5.76. The Balaban J connectivity index is 2.22. The molecule has 1 unspecified atom stereocenters. The lowest BCUT2D eigenvalue weighted by Crippen LogP contribution is -2.38. The van der Waals surface area contributed by atoms with Gasteiger partial charge in [0.05, 0.1) is 5.69 Å². The van der Waals surface area contributed by atoms with Gasteiger partial charge in [0.15, 0.2) is 0 Å². The largest absolute Gasteiger partial charge is 0.312 e. The van der Waals surface area contributed by atoms with E-state index in [0.717, 1.165) is 13.0 Å². The minimum atomic E-state index is 0.221. The molecule has 0 amide bonds. The molecule has 1 atom stereocenters. The van der Waals surface area contributed by atoms with Crippen LogP contribution in [0.2, 0.25) is 0 Å². The Kier molecular flexibility index (Phi) is 4.54. The first kappa shape index (κ1) is 13.2. The summed E-state index contributed by atoms with van der Waals surface area (Å²) in [5.41, 5.74) is 1.42. The van der Waals surface area contributed by atoms with Crippen molar-refractivity contribution in [3.63, 3.8) is 0 Å². The second kappa shape index (κ2) is 5.48. The number of hydrogen-bond donors (Lipinski definition) is 1. The SMILES string of the molecule is CC(CCc1ccn(C)n1)CNC(C)(C)C. The first-order valence-corrected chi connectivity index (χ1v) is 6.10. The average molecular weight is 223 g/mol. The predicted octanol–water partition coefficient (Wildman–Crippen LogP) is 2.38. The van der Waals surface area contributed by atoms with Crippen LogP contribution in [0.25, 0.3) is 0 Å². The van der Waals surface area contributed by atoms with Gasteiger partial charge in [-0.15, -0.1) is 0 Å². The summed E-state index contributed by atoms with van der Waals surface area (Å²) >= 11 is 0. The lowest BCUT2D eigenvalue weighted by Gasteiger charge is -2.23. The molecule has 3 heteroatoms. The first-order chi connectivity index (χ1) is 7.37. The molecule has 0 spiro atoms. The van der Waals surface area contributed by atoms with Crippen LogP contribution >= 0.6 is 0 Å². The Labute approximate surface area is 99.2 Å². The van der Waals surface area contributed by atoms with Crippen molar-refractivity contribution in [1.82, 2.24) is 15.1 Å². The second-order valence-corrected chi connectivity index (χ2v) is 5.76. The average Bonchev–Trinajstić information content (AvgIpc) is 2.57. The number of hydrogen-bond acceptors (Lipinski definition) is 2. The van der Waals surface area contributed by atoms with Gasteiger partial charge in [-0.1, -0.05) is 6.92 Å². The van der Waals surface area contributed by atoms with E-state index in [1.807, 2.05) is 17.9 Å². The summed E-state index contributed by atoms with van der Waals surface area (Å²) in [5, 5.41) is 7.93. The molecule has 0 saturated heterocycles. The summed E-state index contributed by atoms with van der Waals surface area (Å²) in [5.74, 6) is 0.696. The van der Waals surface area contributed by atoms with Crippen LogP contribution in [0.5, 0.6) is 0 Å². The number of nitrogens with zero attached hydrogens (tertiary/aromatic N) is 2. The van der Waals surface area contributed by atoms with Crippen molar-refractivity contribution in [1.29, 1.82) is 0 Å². The van der Waals surface area contributed by atoms with Gasteiger partial charge < -0.3 is 5.32 Å². The lowest BCUT2D eigenvalue weighted by atomic mass is 10.0. The molecular formula is C13H25N3. The Hall–Kier alpha value is -0.830. The van der Waals surface area contributed by atoms with E-state index in [2.05, 4.69) is 44.2 Å². The standard InChI is InChI=1S/C13H25N3/c1-11(10-14-13(2,3)4)6-7-12-8-9-16(5)15-12/h8-9,11,14H,6-7,10H2,1-5H3. The quantitative estimate of drug-likeness (QED) is 0.830. The summed E-state index contributed by atoms with van der Waals surface area (Å²) in [6, 6.07) is 2.10. The zero-order valence-electron chi connectivity index (χ0n) is 11.2. The summed E-state index contributed by atoms with van der Waals surface area (Å²) < 4.78 is 1.87. The van der Waals surface area contributed by atoms with E-state index in [0.29, 0.717) is 5.92 Å². The van der Waals surface area contributed by atoms with Gasteiger partial charge in [0, 0.05) is 18.8 Å². The third kappa shape index (κ3) is 5.31. The van der Waals surface area contributed by atoms with Crippen LogP contribution < -0.4 is 5.32 Å². The molecule has 0 aliphatic heterocycles. The number of aryl methyl sites for hydroxylation is 2. The Morgan fingerprint density at radius 1 is 1.44 bits per heavy atom. The fourth-order valence-corrected chi connectivity index (χ4v) is 1.57. The van der Waals surface area contributed by atoms with Crippen molar-refractivity contribution >= 4 is 0 Å². The first-order valence-electron chi connectivity index (χ1n) is 6.10. The van der Waals surface area contributed by atoms with Crippen LogP contribution in [-0.2, 0) is 13.5 Å². The summed E-state index contributed by atoms with van der Waals surface area (Å²) in [6.07, 6.45) is 4.28. The molecule has 0 saturated carbocycles. The number of nitrogens with one attached hydrogen (secondary N) is 1. The molecule has 1 N–H and O–H groups in total. The van der Waals surface area contributed by atoms with Crippen LogP contribution in [0.4, 0.5) is 0 Å². The van der Waals surface area contributed by atoms with E-state index < -0.39 is 0 Å². The van der Waals surface area contributed by atoms with E-state index in [9.17, 15) is 0 Å². The molecule has 0 aromatic carbocycles. The van der Waals surface area contributed by atoms with Gasteiger partial charge in [-0.3, -0.25) is 4.68 Å². The minimum Gasteiger partial charge on any atom is -0.312 e. The van der Waals surface area contributed by atoms with Crippen LogP contribution in [0.3, 0.4) is 0 Å². The van der Waals surface area contributed by atoms with E-state index >= 15 is 0 Å². The summed E-state index contributed by atoms with van der Waals surface area (Å²) in [4.78, 5) is 0. The Bertz CT molecular complexity index is 309. The fourth-order valence-electron chi connectivity index (χ4n) is 1.57. The highest BCUT2D eigenvalue weighted by molar-refractivity contribution is 4.98. The van der Waals surface area contributed by atoms with Crippen LogP contribution in [0, 0.1) is 5.92 Å². The zero-order valence-corrected chi connectivity index (χ0v) is 11.2. The van der Waals surface area contributed by atoms with Crippen molar-refractivity contribution in [3.8, 4) is 0 Å². The highest BCUT2D eigenvalue weighted by Gasteiger charge is 2.11. The van der Waals surface area contributed by atoms with Crippen molar-refractivity contribution in [2.75, 3.05) is 6.54 Å². The van der Waals surface area contributed by atoms with Crippen molar-refractivity contribution < 1.29 is 0 Å². The van der Waals surface area contributed by atoms with Gasteiger partial charge in [-0.2, -0.15) is 5.10 Å². The topological polar surface area (TPSA) is 29.9 Å². The van der Waals surface area contributed by atoms with Gasteiger partial charge in [0.1, 0.15) is 0 Å². The van der Waals surface area contributed by atoms with E-state index in [1.165, 1.54) is 12.1 Å². The van der Waals surface area contributed by atoms with Crippen LogP contribution in [0.1, 0.15) is 39.8 Å². The molecular weight excluding hydrogens is 198 g/mol. The minimum absolute atomic E-state index is 0.221. The van der Waals surface area contributed by atoms with Gasteiger partial charge >= 0.3 is 0 Å². The third-order valence-electron chi connectivity index (χ3n) is 2.64. The molecule has 1 aromatic rings. The molecule has 92 valence electrons. The molecule has 0 bridgehead atoms.